The van der Waals surface area contributed by atoms with Crippen LogP contribution in [-0.4, -0.2) is 6.54 Å². The SMILES string of the molecule is CC(C)(C)CNc1cc(C(F)(F)F)ccc1F. The summed E-state index contributed by atoms with van der Waals surface area (Å²) in [5, 5.41) is 2.69. The van der Waals surface area contributed by atoms with Gasteiger partial charge in [-0.05, 0) is 23.6 Å². The molecule has 0 aliphatic carbocycles. The largest absolute Gasteiger partial charge is 0.416 e. The van der Waals surface area contributed by atoms with E-state index < -0.39 is 17.6 Å². The lowest BCUT2D eigenvalue weighted by molar-refractivity contribution is -0.137. The number of nitrogens with one attached hydrogen (secondary N) is 1. The fourth-order valence-electron chi connectivity index (χ4n) is 1.20. The molecule has 1 aromatic rings. The van der Waals surface area contributed by atoms with Crippen LogP contribution in [0.4, 0.5) is 23.2 Å². The summed E-state index contributed by atoms with van der Waals surface area (Å²) in [7, 11) is 0. The van der Waals surface area contributed by atoms with Crippen LogP contribution < -0.4 is 5.32 Å². The first kappa shape index (κ1) is 13.8. The lowest BCUT2D eigenvalue weighted by Crippen LogP contribution is -2.20. The van der Waals surface area contributed by atoms with E-state index in [1.54, 1.807) is 0 Å². The second-order valence-corrected chi connectivity index (χ2v) is 5.11. The van der Waals surface area contributed by atoms with Gasteiger partial charge in [-0.2, -0.15) is 13.2 Å². The third-order valence-corrected chi connectivity index (χ3v) is 2.10. The molecule has 0 heterocycles. The first-order chi connectivity index (χ1) is 7.59. The van der Waals surface area contributed by atoms with E-state index in [0.717, 1.165) is 18.2 Å². The third kappa shape index (κ3) is 4.24. The number of hydrogen-bond donors (Lipinski definition) is 1. The number of hydrogen-bond acceptors (Lipinski definition) is 1. The monoisotopic (exact) mass is 249 g/mol. The van der Waals surface area contributed by atoms with Crippen molar-refractivity contribution in [1.82, 2.24) is 0 Å². The number of alkyl halides is 3. The van der Waals surface area contributed by atoms with Crippen molar-refractivity contribution in [3.05, 3.63) is 29.6 Å². The summed E-state index contributed by atoms with van der Waals surface area (Å²) in [5.74, 6) is -0.678. The molecule has 0 spiro atoms. The summed E-state index contributed by atoms with van der Waals surface area (Å²) < 4.78 is 50.6. The fraction of sp³-hybridized carbons (Fsp3) is 0.500. The molecular formula is C12H15F4N. The number of halogens is 4. The minimum Gasteiger partial charge on any atom is -0.382 e. The highest BCUT2D eigenvalue weighted by atomic mass is 19.4. The first-order valence-electron chi connectivity index (χ1n) is 5.20. The molecule has 0 radical (unpaired) electrons. The molecule has 1 N–H and O–H groups in total. The lowest BCUT2D eigenvalue weighted by atomic mass is 9.97. The minimum absolute atomic E-state index is 0.116. The minimum atomic E-state index is -4.45. The highest BCUT2D eigenvalue weighted by Gasteiger charge is 2.31. The maximum absolute atomic E-state index is 13.3. The normalized spacial score (nSPS) is 12.6. The summed E-state index contributed by atoms with van der Waals surface area (Å²) in [4.78, 5) is 0. The van der Waals surface area contributed by atoms with Gasteiger partial charge < -0.3 is 5.32 Å². The molecule has 1 nitrogen and oxygen atoms in total. The Morgan fingerprint density at radius 3 is 2.18 bits per heavy atom. The Labute approximate surface area is 97.8 Å². The van der Waals surface area contributed by atoms with E-state index in [4.69, 9.17) is 0 Å². The van der Waals surface area contributed by atoms with E-state index >= 15 is 0 Å². The molecule has 0 saturated heterocycles. The van der Waals surface area contributed by atoms with Crippen LogP contribution >= 0.6 is 0 Å². The maximum Gasteiger partial charge on any atom is 0.416 e. The predicted molar refractivity (Wildman–Crippen MR) is 59.3 cm³/mol. The van der Waals surface area contributed by atoms with Crippen LogP contribution in [0.2, 0.25) is 0 Å². The van der Waals surface area contributed by atoms with Crippen LogP contribution in [0, 0.1) is 11.2 Å². The molecule has 17 heavy (non-hydrogen) atoms. The van der Waals surface area contributed by atoms with E-state index in [1.807, 2.05) is 20.8 Å². The van der Waals surface area contributed by atoms with Crippen LogP contribution in [0.15, 0.2) is 18.2 Å². The molecule has 0 bridgehead atoms. The molecule has 5 heteroatoms. The first-order valence-corrected chi connectivity index (χ1v) is 5.20. The van der Waals surface area contributed by atoms with Gasteiger partial charge in [-0.3, -0.25) is 0 Å². The van der Waals surface area contributed by atoms with Gasteiger partial charge in [-0.15, -0.1) is 0 Å². The quantitative estimate of drug-likeness (QED) is 0.770. The van der Waals surface area contributed by atoms with Crippen LogP contribution in [0.3, 0.4) is 0 Å². The smallest absolute Gasteiger partial charge is 0.382 e. The van der Waals surface area contributed by atoms with Crippen molar-refractivity contribution in [3.8, 4) is 0 Å². The molecule has 1 aromatic carbocycles. The van der Waals surface area contributed by atoms with Crippen molar-refractivity contribution in [2.75, 3.05) is 11.9 Å². The molecule has 0 aliphatic rings. The topological polar surface area (TPSA) is 12.0 Å². The average Bonchev–Trinajstić information content (AvgIpc) is 2.13. The summed E-state index contributed by atoms with van der Waals surface area (Å²) >= 11 is 0. The zero-order valence-corrected chi connectivity index (χ0v) is 9.95. The zero-order chi connectivity index (χ0) is 13.3. The molecule has 1 rings (SSSR count). The number of rotatable bonds is 2. The second-order valence-electron chi connectivity index (χ2n) is 5.11. The van der Waals surface area contributed by atoms with Crippen molar-refractivity contribution in [2.45, 2.75) is 26.9 Å². The van der Waals surface area contributed by atoms with Gasteiger partial charge in [0.2, 0.25) is 0 Å². The van der Waals surface area contributed by atoms with Crippen LogP contribution in [-0.2, 0) is 6.18 Å². The Bertz CT molecular complexity index is 390. The third-order valence-electron chi connectivity index (χ3n) is 2.10. The van der Waals surface area contributed by atoms with Gasteiger partial charge in [0.25, 0.3) is 0 Å². The van der Waals surface area contributed by atoms with Gasteiger partial charge in [-0.1, -0.05) is 20.8 Å². The molecule has 0 saturated carbocycles. The van der Waals surface area contributed by atoms with Gasteiger partial charge in [-0.25, -0.2) is 4.39 Å². The molecular weight excluding hydrogens is 234 g/mol. The number of anilines is 1. The van der Waals surface area contributed by atoms with Crippen molar-refractivity contribution in [2.24, 2.45) is 5.41 Å². The summed E-state index contributed by atoms with van der Waals surface area (Å²) in [6.07, 6.45) is -4.45. The van der Waals surface area contributed by atoms with Gasteiger partial charge in [0, 0.05) is 6.54 Å². The van der Waals surface area contributed by atoms with E-state index in [2.05, 4.69) is 5.32 Å². The summed E-state index contributed by atoms with van der Waals surface area (Å²) in [5.41, 5.74) is -1.11. The van der Waals surface area contributed by atoms with E-state index in [1.165, 1.54) is 0 Å². The molecule has 0 amide bonds. The highest BCUT2D eigenvalue weighted by molar-refractivity contribution is 5.48. The van der Waals surface area contributed by atoms with Crippen molar-refractivity contribution >= 4 is 5.69 Å². The molecule has 0 unspecified atom stereocenters. The highest BCUT2D eigenvalue weighted by Crippen LogP contribution is 2.32. The van der Waals surface area contributed by atoms with Crippen molar-refractivity contribution in [1.29, 1.82) is 0 Å². The van der Waals surface area contributed by atoms with Crippen molar-refractivity contribution < 1.29 is 17.6 Å². The Morgan fingerprint density at radius 1 is 1.12 bits per heavy atom. The van der Waals surface area contributed by atoms with E-state index in [9.17, 15) is 17.6 Å². The van der Waals surface area contributed by atoms with Crippen LogP contribution in [0.25, 0.3) is 0 Å². The zero-order valence-electron chi connectivity index (χ0n) is 9.95. The average molecular weight is 249 g/mol. The Morgan fingerprint density at radius 2 is 1.71 bits per heavy atom. The van der Waals surface area contributed by atoms with Crippen LogP contribution in [0.5, 0.6) is 0 Å². The number of benzene rings is 1. The summed E-state index contributed by atoms with van der Waals surface area (Å²) in [6, 6.07) is 2.35. The molecule has 0 atom stereocenters. The Kier molecular flexibility index (Phi) is 3.69. The molecule has 0 aliphatic heterocycles. The Balaban J connectivity index is 2.92. The standard InChI is InChI=1S/C12H15F4N/c1-11(2,3)7-17-10-6-8(12(14,15)16)4-5-9(10)13/h4-6,17H,7H2,1-3H3. The van der Waals surface area contributed by atoms with Crippen LogP contribution in [0.1, 0.15) is 26.3 Å². The van der Waals surface area contributed by atoms with Gasteiger partial charge in [0.1, 0.15) is 5.82 Å². The lowest BCUT2D eigenvalue weighted by Gasteiger charge is -2.20. The Hall–Kier alpha value is -1.26. The van der Waals surface area contributed by atoms with E-state index in [0.29, 0.717) is 6.54 Å². The van der Waals surface area contributed by atoms with Gasteiger partial charge in [0.05, 0.1) is 11.3 Å². The second kappa shape index (κ2) is 4.55. The van der Waals surface area contributed by atoms with E-state index in [-0.39, 0.29) is 11.1 Å². The maximum atomic E-state index is 13.3. The van der Waals surface area contributed by atoms with Crippen molar-refractivity contribution in [3.63, 3.8) is 0 Å². The fourth-order valence-corrected chi connectivity index (χ4v) is 1.20. The summed E-state index contributed by atoms with van der Waals surface area (Å²) in [6.45, 7) is 6.12. The molecule has 0 fully saturated rings. The molecule has 96 valence electrons. The predicted octanol–water partition coefficient (Wildman–Crippen LogP) is 4.30. The van der Waals surface area contributed by atoms with Gasteiger partial charge in [0.15, 0.2) is 0 Å². The molecule has 0 aromatic heterocycles. The van der Waals surface area contributed by atoms with Gasteiger partial charge >= 0.3 is 6.18 Å².